The molecule has 0 fully saturated rings. The lowest BCUT2D eigenvalue weighted by Gasteiger charge is -2.12. The van der Waals surface area contributed by atoms with Crippen molar-refractivity contribution in [1.29, 1.82) is 0 Å². The van der Waals surface area contributed by atoms with Crippen LogP contribution in [0.4, 0.5) is 0 Å². The number of rotatable bonds is 5. The molecule has 0 bridgehead atoms. The Morgan fingerprint density at radius 3 is 2.50 bits per heavy atom. The molecule has 5 heteroatoms. The van der Waals surface area contributed by atoms with E-state index in [1.165, 1.54) is 0 Å². The SMILES string of the molecule is Clc1ccc(Cn2c(COc3cccc4ccccc34)nc3ccccc32)cc1Cl. The molecule has 0 N–H and O–H groups in total. The first-order valence-electron chi connectivity index (χ1n) is 9.68. The number of para-hydroxylation sites is 2. The van der Waals surface area contributed by atoms with Gasteiger partial charge in [-0.05, 0) is 41.3 Å². The Morgan fingerprint density at radius 1 is 0.800 bits per heavy atom. The zero-order chi connectivity index (χ0) is 20.5. The van der Waals surface area contributed by atoms with E-state index in [-0.39, 0.29) is 0 Å². The zero-order valence-corrected chi connectivity index (χ0v) is 17.6. The van der Waals surface area contributed by atoms with Crippen molar-refractivity contribution in [2.75, 3.05) is 0 Å². The summed E-state index contributed by atoms with van der Waals surface area (Å²) in [7, 11) is 0. The quantitative estimate of drug-likeness (QED) is 0.295. The summed E-state index contributed by atoms with van der Waals surface area (Å²) in [6.45, 7) is 0.996. The molecule has 30 heavy (non-hydrogen) atoms. The summed E-state index contributed by atoms with van der Waals surface area (Å²) in [6, 6.07) is 28.1. The maximum atomic E-state index is 6.23. The Labute approximate surface area is 184 Å². The van der Waals surface area contributed by atoms with Crippen molar-refractivity contribution < 1.29 is 4.74 Å². The van der Waals surface area contributed by atoms with Crippen LogP contribution in [0.15, 0.2) is 84.9 Å². The molecular weight excluding hydrogens is 415 g/mol. The smallest absolute Gasteiger partial charge is 0.148 e. The summed E-state index contributed by atoms with van der Waals surface area (Å²) in [5.41, 5.74) is 3.05. The van der Waals surface area contributed by atoms with E-state index < -0.39 is 0 Å². The molecule has 0 unspecified atom stereocenters. The van der Waals surface area contributed by atoms with Gasteiger partial charge in [0, 0.05) is 11.9 Å². The van der Waals surface area contributed by atoms with Gasteiger partial charge in [0.15, 0.2) is 0 Å². The number of ether oxygens (including phenoxy) is 1. The molecule has 5 rings (SSSR count). The second kappa shape index (κ2) is 8.02. The van der Waals surface area contributed by atoms with Gasteiger partial charge < -0.3 is 9.30 Å². The van der Waals surface area contributed by atoms with Gasteiger partial charge in [0.25, 0.3) is 0 Å². The van der Waals surface area contributed by atoms with E-state index in [0.29, 0.717) is 23.2 Å². The fourth-order valence-corrected chi connectivity index (χ4v) is 4.02. The van der Waals surface area contributed by atoms with Crippen molar-refractivity contribution in [3.05, 3.63) is 106 Å². The van der Waals surface area contributed by atoms with Crippen molar-refractivity contribution in [2.24, 2.45) is 0 Å². The van der Waals surface area contributed by atoms with Crippen LogP contribution in [0.25, 0.3) is 21.8 Å². The molecule has 0 radical (unpaired) electrons. The number of imidazole rings is 1. The Balaban J connectivity index is 1.50. The van der Waals surface area contributed by atoms with E-state index in [2.05, 4.69) is 28.8 Å². The maximum Gasteiger partial charge on any atom is 0.148 e. The van der Waals surface area contributed by atoms with Crippen molar-refractivity contribution >= 4 is 45.0 Å². The summed E-state index contributed by atoms with van der Waals surface area (Å²) in [4.78, 5) is 4.82. The van der Waals surface area contributed by atoms with Crippen LogP contribution >= 0.6 is 23.2 Å². The van der Waals surface area contributed by atoms with Gasteiger partial charge in [0.05, 0.1) is 21.1 Å². The van der Waals surface area contributed by atoms with E-state index in [4.69, 9.17) is 32.9 Å². The van der Waals surface area contributed by atoms with Gasteiger partial charge in [-0.3, -0.25) is 0 Å². The van der Waals surface area contributed by atoms with Gasteiger partial charge in [-0.25, -0.2) is 4.98 Å². The molecule has 0 saturated carbocycles. The van der Waals surface area contributed by atoms with E-state index in [1.54, 1.807) is 0 Å². The fourth-order valence-electron chi connectivity index (χ4n) is 3.70. The maximum absolute atomic E-state index is 6.23. The standard InChI is InChI=1S/C25H18Cl2N2O/c26-20-13-12-17(14-21(20)27)15-29-23-10-4-3-9-22(23)28-25(29)16-30-24-11-5-7-18-6-1-2-8-19(18)24/h1-14H,15-16H2. The van der Waals surface area contributed by atoms with Crippen LogP contribution in [0.5, 0.6) is 5.75 Å². The molecule has 148 valence electrons. The van der Waals surface area contributed by atoms with Crippen LogP contribution in [-0.2, 0) is 13.2 Å². The van der Waals surface area contributed by atoms with Crippen LogP contribution in [0.3, 0.4) is 0 Å². The number of halogens is 2. The second-order valence-corrected chi connectivity index (χ2v) is 7.93. The molecule has 0 spiro atoms. The van der Waals surface area contributed by atoms with Gasteiger partial charge in [-0.15, -0.1) is 0 Å². The van der Waals surface area contributed by atoms with Gasteiger partial charge in [-0.1, -0.05) is 77.8 Å². The van der Waals surface area contributed by atoms with Gasteiger partial charge >= 0.3 is 0 Å². The number of benzene rings is 4. The lowest BCUT2D eigenvalue weighted by atomic mass is 10.1. The minimum atomic E-state index is 0.365. The number of nitrogens with zero attached hydrogens (tertiary/aromatic N) is 2. The van der Waals surface area contributed by atoms with Crippen LogP contribution in [0.1, 0.15) is 11.4 Å². The molecule has 0 atom stereocenters. The van der Waals surface area contributed by atoms with Crippen molar-refractivity contribution in [3.8, 4) is 5.75 Å². The van der Waals surface area contributed by atoms with Gasteiger partial charge in [0.2, 0.25) is 0 Å². The molecule has 1 aromatic heterocycles. The predicted octanol–water partition coefficient (Wildman–Crippen LogP) is 7.12. The van der Waals surface area contributed by atoms with Crippen LogP contribution < -0.4 is 4.74 Å². The fraction of sp³-hybridized carbons (Fsp3) is 0.0800. The van der Waals surface area contributed by atoms with Crippen LogP contribution in [0.2, 0.25) is 10.0 Å². The number of fused-ring (bicyclic) bond motifs is 2. The first-order valence-corrected chi connectivity index (χ1v) is 10.4. The van der Waals surface area contributed by atoms with Crippen molar-refractivity contribution in [1.82, 2.24) is 9.55 Å². The normalized spacial score (nSPS) is 11.3. The van der Waals surface area contributed by atoms with Crippen LogP contribution in [-0.4, -0.2) is 9.55 Å². The van der Waals surface area contributed by atoms with E-state index in [9.17, 15) is 0 Å². The Morgan fingerprint density at radius 2 is 1.60 bits per heavy atom. The highest BCUT2D eigenvalue weighted by atomic mass is 35.5. The molecule has 5 aromatic rings. The van der Waals surface area contributed by atoms with Crippen LogP contribution in [0, 0.1) is 0 Å². The molecular formula is C25H18Cl2N2O. The lowest BCUT2D eigenvalue weighted by Crippen LogP contribution is -2.08. The molecule has 4 aromatic carbocycles. The number of hydrogen-bond donors (Lipinski definition) is 0. The van der Waals surface area contributed by atoms with Crippen molar-refractivity contribution in [2.45, 2.75) is 13.2 Å². The van der Waals surface area contributed by atoms with E-state index in [1.807, 2.05) is 60.7 Å². The molecule has 0 saturated heterocycles. The Bertz CT molecular complexity index is 1350. The average molecular weight is 433 g/mol. The summed E-state index contributed by atoms with van der Waals surface area (Å²) in [5, 5.41) is 3.34. The molecule has 0 amide bonds. The summed E-state index contributed by atoms with van der Waals surface area (Å²) >= 11 is 12.3. The third kappa shape index (κ3) is 3.62. The number of hydrogen-bond acceptors (Lipinski definition) is 2. The molecule has 0 aliphatic heterocycles. The first kappa shape index (κ1) is 19.0. The lowest BCUT2D eigenvalue weighted by molar-refractivity contribution is 0.295. The van der Waals surface area contributed by atoms with Gasteiger partial charge in [0.1, 0.15) is 18.2 Å². The highest BCUT2D eigenvalue weighted by Crippen LogP contribution is 2.28. The topological polar surface area (TPSA) is 27.1 Å². The van der Waals surface area contributed by atoms with E-state index >= 15 is 0 Å². The predicted molar refractivity (Wildman–Crippen MR) is 124 cm³/mol. The average Bonchev–Trinajstić information content (AvgIpc) is 3.12. The Kier molecular flexibility index (Phi) is 5.07. The minimum absolute atomic E-state index is 0.365. The monoisotopic (exact) mass is 432 g/mol. The first-order chi connectivity index (χ1) is 14.7. The highest BCUT2D eigenvalue weighted by molar-refractivity contribution is 6.42. The van der Waals surface area contributed by atoms with Gasteiger partial charge in [-0.2, -0.15) is 0 Å². The molecule has 3 nitrogen and oxygen atoms in total. The highest BCUT2D eigenvalue weighted by Gasteiger charge is 2.13. The summed E-state index contributed by atoms with van der Waals surface area (Å²) < 4.78 is 8.39. The molecule has 1 heterocycles. The van der Waals surface area contributed by atoms with E-state index in [0.717, 1.165) is 38.9 Å². The third-order valence-electron chi connectivity index (χ3n) is 5.16. The molecule has 0 aliphatic rings. The summed E-state index contributed by atoms with van der Waals surface area (Å²) in [6.07, 6.45) is 0. The second-order valence-electron chi connectivity index (χ2n) is 7.12. The zero-order valence-electron chi connectivity index (χ0n) is 16.1. The Hall–Kier alpha value is -3.01. The number of aromatic nitrogens is 2. The van der Waals surface area contributed by atoms with Crippen molar-refractivity contribution in [3.63, 3.8) is 0 Å². The molecule has 0 aliphatic carbocycles. The largest absolute Gasteiger partial charge is 0.485 e. The third-order valence-corrected chi connectivity index (χ3v) is 5.90. The summed E-state index contributed by atoms with van der Waals surface area (Å²) in [5.74, 6) is 1.71. The minimum Gasteiger partial charge on any atom is -0.485 e.